The molecule has 0 spiro atoms. The van der Waals surface area contributed by atoms with E-state index in [1.807, 2.05) is 19.9 Å². The number of carbonyl (C=O) groups excluding carboxylic acids is 2. The number of benzene rings is 1. The van der Waals surface area contributed by atoms with Gasteiger partial charge in [-0.3, -0.25) is 14.5 Å². The Morgan fingerprint density at radius 1 is 1.19 bits per heavy atom. The van der Waals surface area contributed by atoms with Gasteiger partial charge in [0.25, 0.3) is 5.91 Å². The molecule has 0 radical (unpaired) electrons. The van der Waals surface area contributed by atoms with E-state index >= 15 is 0 Å². The first-order valence-corrected chi connectivity index (χ1v) is 9.73. The first-order chi connectivity index (χ1) is 13.0. The quantitative estimate of drug-likeness (QED) is 0.767. The molecule has 1 aliphatic rings. The lowest BCUT2D eigenvalue weighted by Gasteiger charge is -2.35. The van der Waals surface area contributed by atoms with Crippen molar-refractivity contribution in [2.45, 2.75) is 52.6 Å². The number of carbonyl (C=O) groups is 2. The number of aromatic amines is 1. The lowest BCUT2D eigenvalue weighted by Crippen LogP contribution is -2.46. The molecule has 5 heteroatoms. The van der Waals surface area contributed by atoms with Crippen molar-refractivity contribution in [2.75, 3.05) is 13.1 Å². The van der Waals surface area contributed by atoms with Crippen LogP contribution in [-0.2, 0) is 6.54 Å². The van der Waals surface area contributed by atoms with Gasteiger partial charge in [0.05, 0.1) is 0 Å². The number of aromatic nitrogens is 1. The fraction of sp³-hybridized carbons (Fsp3) is 0.455. The third-order valence-electron chi connectivity index (χ3n) is 5.49. The van der Waals surface area contributed by atoms with Gasteiger partial charge in [-0.25, -0.2) is 0 Å². The predicted octanol–water partition coefficient (Wildman–Crippen LogP) is 3.62. The van der Waals surface area contributed by atoms with Gasteiger partial charge in [-0.1, -0.05) is 36.8 Å². The van der Waals surface area contributed by atoms with Gasteiger partial charge in [0, 0.05) is 30.4 Å². The number of rotatable bonds is 6. The number of piperidine rings is 1. The van der Waals surface area contributed by atoms with E-state index in [1.54, 1.807) is 0 Å². The zero-order valence-electron chi connectivity index (χ0n) is 16.5. The predicted molar refractivity (Wildman–Crippen MR) is 107 cm³/mol. The van der Waals surface area contributed by atoms with Crippen LogP contribution in [0.25, 0.3) is 0 Å². The Morgan fingerprint density at radius 2 is 1.93 bits per heavy atom. The second-order valence-corrected chi connectivity index (χ2v) is 7.50. The first-order valence-electron chi connectivity index (χ1n) is 9.73. The van der Waals surface area contributed by atoms with Crippen LogP contribution in [0.5, 0.6) is 0 Å². The molecule has 1 atom stereocenters. The molecule has 0 aliphatic carbocycles. The van der Waals surface area contributed by atoms with E-state index in [0.29, 0.717) is 23.8 Å². The minimum absolute atomic E-state index is 0.0124. The fourth-order valence-electron chi connectivity index (χ4n) is 4.12. The van der Waals surface area contributed by atoms with Crippen LogP contribution in [0.15, 0.2) is 30.3 Å². The van der Waals surface area contributed by atoms with Gasteiger partial charge in [-0.15, -0.1) is 0 Å². The van der Waals surface area contributed by atoms with Crippen molar-refractivity contribution in [2.24, 2.45) is 0 Å². The van der Waals surface area contributed by atoms with Gasteiger partial charge < -0.3 is 10.3 Å². The van der Waals surface area contributed by atoms with E-state index in [9.17, 15) is 9.59 Å². The molecule has 144 valence electrons. The number of likely N-dealkylation sites (tertiary alicyclic amines) is 1. The molecule has 5 nitrogen and oxygen atoms in total. The highest BCUT2D eigenvalue weighted by Gasteiger charge is 2.24. The molecule has 1 saturated heterocycles. The van der Waals surface area contributed by atoms with Gasteiger partial charge in [-0.2, -0.15) is 0 Å². The van der Waals surface area contributed by atoms with Crippen molar-refractivity contribution >= 4 is 11.7 Å². The average molecular weight is 367 g/mol. The molecule has 0 bridgehead atoms. The summed E-state index contributed by atoms with van der Waals surface area (Å²) < 4.78 is 0. The topological polar surface area (TPSA) is 65.2 Å². The number of H-pyrrole nitrogens is 1. The molecule has 1 amide bonds. The molecular formula is C22H29N3O2. The number of ketones is 1. The van der Waals surface area contributed by atoms with E-state index in [4.69, 9.17) is 0 Å². The summed E-state index contributed by atoms with van der Waals surface area (Å²) in [5, 5.41) is 3.08. The zero-order chi connectivity index (χ0) is 19.4. The van der Waals surface area contributed by atoms with Crippen molar-refractivity contribution < 1.29 is 9.59 Å². The summed E-state index contributed by atoms with van der Waals surface area (Å²) in [6, 6.07) is 10.8. The molecule has 1 fully saturated rings. The fourth-order valence-corrected chi connectivity index (χ4v) is 4.12. The summed E-state index contributed by atoms with van der Waals surface area (Å²) in [7, 11) is 0. The molecule has 1 aromatic carbocycles. The zero-order valence-corrected chi connectivity index (χ0v) is 16.5. The number of Topliss-reactive ketones (excluding diaryl/α,β-unsaturated/α-hetero) is 1. The van der Waals surface area contributed by atoms with Crippen molar-refractivity contribution in [3.63, 3.8) is 0 Å². The Kier molecular flexibility index (Phi) is 6.11. The second kappa shape index (κ2) is 8.53. The van der Waals surface area contributed by atoms with Crippen LogP contribution in [0.3, 0.4) is 0 Å². The minimum Gasteiger partial charge on any atom is -0.354 e. The Morgan fingerprint density at radius 3 is 2.59 bits per heavy atom. The normalized spacial score (nSPS) is 17.7. The van der Waals surface area contributed by atoms with Crippen LogP contribution in [0.4, 0.5) is 0 Å². The van der Waals surface area contributed by atoms with E-state index < -0.39 is 0 Å². The Hall–Kier alpha value is -2.40. The first kappa shape index (κ1) is 19.4. The van der Waals surface area contributed by atoms with Crippen LogP contribution in [0, 0.1) is 13.8 Å². The monoisotopic (exact) mass is 367 g/mol. The molecular weight excluding hydrogens is 338 g/mol. The maximum atomic E-state index is 12.7. The highest BCUT2D eigenvalue weighted by molar-refractivity contribution is 6.02. The SMILES string of the molecule is CC(=O)c1c(C)[nH]c(C(=O)NCC2CCCCN2Cc2ccccc2)c1C. The van der Waals surface area contributed by atoms with Gasteiger partial charge in [0.15, 0.2) is 5.78 Å². The van der Waals surface area contributed by atoms with Crippen LogP contribution in [0.2, 0.25) is 0 Å². The standard InChI is InChI=1S/C22H29N3O2/c1-15-20(17(3)26)16(2)24-21(15)22(27)23-13-19-11-7-8-12-25(19)14-18-9-5-4-6-10-18/h4-6,9-10,19,24H,7-8,11-14H2,1-3H3,(H,23,27). The number of amides is 1. The van der Waals surface area contributed by atoms with Crippen molar-refractivity contribution in [3.05, 3.63) is 58.4 Å². The molecule has 2 heterocycles. The van der Waals surface area contributed by atoms with E-state index in [-0.39, 0.29) is 11.7 Å². The van der Waals surface area contributed by atoms with Crippen LogP contribution in [-0.4, -0.2) is 40.7 Å². The molecule has 2 N–H and O–H groups in total. The van der Waals surface area contributed by atoms with Crippen molar-refractivity contribution in [3.8, 4) is 0 Å². The van der Waals surface area contributed by atoms with Gasteiger partial charge in [0.2, 0.25) is 0 Å². The van der Waals surface area contributed by atoms with Crippen molar-refractivity contribution in [1.29, 1.82) is 0 Å². The Labute approximate surface area is 161 Å². The van der Waals surface area contributed by atoms with Gasteiger partial charge in [0.1, 0.15) is 5.69 Å². The smallest absolute Gasteiger partial charge is 0.268 e. The molecule has 1 aliphatic heterocycles. The van der Waals surface area contributed by atoms with Crippen molar-refractivity contribution in [1.82, 2.24) is 15.2 Å². The molecule has 3 rings (SSSR count). The lowest BCUT2D eigenvalue weighted by atomic mass is 10.0. The third kappa shape index (κ3) is 4.48. The van der Waals surface area contributed by atoms with E-state index in [2.05, 4.69) is 39.5 Å². The minimum atomic E-state index is -0.131. The summed E-state index contributed by atoms with van der Waals surface area (Å²) in [4.78, 5) is 30.0. The number of nitrogens with zero attached hydrogens (tertiary/aromatic N) is 1. The highest BCUT2D eigenvalue weighted by Crippen LogP contribution is 2.21. The largest absolute Gasteiger partial charge is 0.354 e. The van der Waals surface area contributed by atoms with E-state index in [1.165, 1.54) is 25.3 Å². The summed E-state index contributed by atoms with van der Waals surface area (Å²) in [6.45, 7) is 7.80. The van der Waals surface area contributed by atoms with Crippen LogP contribution < -0.4 is 5.32 Å². The van der Waals surface area contributed by atoms with E-state index in [0.717, 1.165) is 30.8 Å². The van der Waals surface area contributed by atoms with Gasteiger partial charge >= 0.3 is 0 Å². The Bertz CT molecular complexity index is 810. The second-order valence-electron chi connectivity index (χ2n) is 7.50. The maximum Gasteiger partial charge on any atom is 0.268 e. The van der Waals surface area contributed by atoms with Crippen LogP contribution in [0.1, 0.15) is 63.9 Å². The average Bonchev–Trinajstić information content (AvgIpc) is 2.96. The molecule has 1 unspecified atom stereocenters. The lowest BCUT2D eigenvalue weighted by molar-refractivity contribution is 0.0902. The summed E-state index contributed by atoms with van der Waals surface area (Å²) in [6.07, 6.45) is 3.49. The number of aryl methyl sites for hydroxylation is 1. The molecule has 1 aromatic heterocycles. The highest BCUT2D eigenvalue weighted by atomic mass is 16.2. The Balaban J connectivity index is 1.65. The van der Waals surface area contributed by atoms with Gasteiger partial charge in [-0.05, 0) is 51.3 Å². The molecule has 2 aromatic rings. The number of hydrogen-bond donors (Lipinski definition) is 2. The summed E-state index contributed by atoms with van der Waals surface area (Å²) >= 11 is 0. The maximum absolute atomic E-state index is 12.7. The van der Waals surface area contributed by atoms with Crippen LogP contribution >= 0.6 is 0 Å². The third-order valence-corrected chi connectivity index (χ3v) is 5.49. The summed E-state index contributed by atoms with van der Waals surface area (Å²) in [5.41, 5.74) is 3.93. The summed E-state index contributed by atoms with van der Waals surface area (Å²) in [5.74, 6) is -0.144. The number of hydrogen-bond acceptors (Lipinski definition) is 3. The molecule has 0 saturated carbocycles. The number of nitrogens with one attached hydrogen (secondary N) is 2. The molecule has 27 heavy (non-hydrogen) atoms.